The highest BCUT2D eigenvalue weighted by atomic mass is 32.2. The summed E-state index contributed by atoms with van der Waals surface area (Å²) in [6.07, 6.45) is 0. The Bertz CT molecular complexity index is 787. The van der Waals surface area contributed by atoms with E-state index >= 15 is 0 Å². The minimum absolute atomic E-state index is 0.0843. The third kappa shape index (κ3) is 5.94. The Kier molecular flexibility index (Phi) is 7.72. The van der Waals surface area contributed by atoms with Gasteiger partial charge >= 0.3 is 0 Å². The minimum atomic E-state index is -0.704. The Balaban J connectivity index is 1.99. The molecular weight excluding hydrogens is 346 g/mol. The zero-order chi connectivity index (χ0) is 18.8. The van der Waals surface area contributed by atoms with Crippen molar-refractivity contribution < 1.29 is 9.59 Å². The molecule has 0 aromatic heterocycles. The van der Waals surface area contributed by atoms with Crippen LogP contribution in [0.5, 0.6) is 0 Å². The van der Waals surface area contributed by atoms with E-state index in [0.29, 0.717) is 11.3 Å². The fourth-order valence-corrected chi connectivity index (χ4v) is 3.45. The Morgan fingerprint density at radius 2 is 1.81 bits per heavy atom. The lowest BCUT2D eigenvalue weighted by Gasteiger charge is -2.18. The quantitative estimate of drug-likeness (QED) is 0.703. The van der Waals surface area contributed by atoms with E-state index in [-0.39, 0.29) is 18.4 Å². The predicted molar refractivity (Wildman–Crippen MR) is 104 cm³/mol. The summed E-state index contributed by atoms with van der Waals surface area (Å²) in [6.45, 7) is 1.96. The smallest absolute Gasteiger partial charge is 0.251 e. The first-order valence-electron chi connectivity index (χ1n) is 8.24. The number of aryl methyl sites for hydroxylation is 1. The van der Waals surface area contributed by atoms with Gasteiger partial charge in [-0.3, -0.25) is 9.59 Å². The van der Waals surface area contributed by atoms with Crippen LogP contribution in [0.15, 0.2) is 54.6 Å². The number of hydrogen-bond acceptors (Lipinski definition) is 4. The van der Waals surface area contributed by atoms with E-state index in [1.54, 1.807) is 36.0 Å². The van der Waals surface area contributed by atoms with Gasteiger partial charge in [0.1, 0.15) is 12.6 Å². The Morgan fingerprint density at radius 3 is 2.50 bits per heavy atom. The van der Waals surface area contributed by atoms with Gasteiger partial charge in [0.05, 0.1) is 6.07 Å². The summed E-state index contributed by atoms with van der Waals surface area (Å²) in [5.41, 5.74) is 2.89. The Labute approximate surface area is 157 Å². The number of nitrogens with one attached hydrogen (secondary N) is 2. The van der Waals surface area contributed by atoms with Gasteiger partial charge in [0.25, 0.3) is 5.91 Å². The average molecular weight is 367 g/mol. The molecule has 5 nitrogen and oxygen atoms in total. The van der Waals surface area contributed by atoms with Crippen molar-refractivity contribution in [3.05, 3.63) is 71.3 Å². The lowest BCUT2D eigenvalue weighted by atomic mass is 10.1. The van der Waals surface area contributed by atoms with E-state index < -0.39 is 6.04 Å². The normalized spacial score (nSPS) is 11.2. The van der Waals surface area contributed by atoms with Gasteiger partial charge in [0.2, 0.25) is 5.91 Å². The van der Waals surface area contributed by atoms with Crippen LogP contribution < -0.4 is 10.6 Å². The van der Waals surface area contributed by atoms with Crippen molar-refractivity contribution in [2.24, 2.45) is 0 Å². The molecule has 0 aliphatic rings. The molecule has 1 atom stereocenters. The largest absolute Gasteiger partial charge is 0.341 e. The number of amides is 2. The molecule has 6 heteroatoms. The zero-order valence-corrected chi connectivity index (χ0v) is 15.4. The number of hydrogen-bond donors (Lipinski definition) is 2. The molecule has 134 valence electrons. The van der Waals surface area contributed by atoms with E-state index in [1.165, 1.54) is 11.1 Å². The molecule has 0 heterocycles. The lowest BCUT2D eigenvalue weighted by Crippen LogP contribution is -2.48. The SMILES string of the molecule is Cc1ccccc1CSCC(NC(=O)c1ccccc1)C(=O)NCC#N. The highest BCUT2D eigenvalue weighted by Crippen LogP contribution is 2.17. The standard InChI is InChI=1S/C20H21N3O2S/c1-15-7-5-6-10-17(15)13-26-14-18(20(25)22-12-11-21)23-19(24)16-8-3-2-4-9-16/h2-10,18H,12-14H2,1H3,(H,22,25)(H,23,24). The van der Waals surface area contributed by atoms with E-state index in [4.69, 9.17) is 5.26 Å². The maximum atomic E-state index is 12.4. The number of carbonyl (C=O) groups is 2. The van der Waals surface area contributed by atoms with Crippen LogP contribution in [0.4, 0.5) is 0 Å². The third-order valence-corrected chi connectivity index (χ3v) is 4.89. The zero-order valence-electron chi connectivity index (χ0n) is 14.6. The van der Waals surface area contributed by atoms with Gasteiger partial charge in [-0.1, -0.05) is 42.5 Å². The molecule has 2 N–H and O–H groups in total. The van der Waals surface area contributed by atoms with Gasteiger partial charge in [-0.05, 0) is 30.2 Å². The van der Waals surface area contributed by atoms with Crippen molar-refractivity contribution in [2.45, 2.75) is 18.7 Å². The van der Waals surface area contributed by atoms with Gasteiger partial charge in [0.15, 0.2) is 0 Å². The van der Waals surface area contributed by atoms with Crippen LogP contribution in [0.25, 0.3) is 0 Å². The summed E-state index contributed by atoms with van der Waals surface area (Å²) >= 11 is 1.57. The number of rotatable bonds is 8. The average Bonchev–Trinajstić information content (AvgIpc) is 2.67. The fraction of sp³-hybridized carbons (Fsp3) is 0.250. The van der Waals surface area contributed by atoms with Crippen molar-refractivity contribution in [1.29, 1.82) is 5.26 Å². The maximum Gasteiger partial charge on any atom is 0.251 e. The van der Waals surface area contributed by atoms with E-state index in [0.717, 1.165) is 5.75 Å². The van der Waals surface area contributed by atoms with Crippen LogP contribution >= 0.6 is 11.8 Å². The van der Waals surface area contributed by atoms with Crippen molar-refractivity contribution >= 4 is 23.6 Å². The molecule has 0 aliphatic carbocycles. The first-order valence-corrected chi connectivity index (χ1v) is 9.40. The van der Waals surface area contributed by atoms with Crippen molar-refractivity contribution in [3.8, 4) is 6.07 Å². The first-order chi connectivity index (χ1) is 12.6. The summed E-state index contributed by atoms with van der Waals surface area (Å²) in [7, 11) is 0. The van der Waals surface area contributed by atoms with Crippen molar-refractivity contribution in [2.75, 3.05) is 12.3 Å². The number of nitrogens with zero attached hydrogens (tertiary/aromatic N) is 1. The summed E-state index contributed by atoms with van der Waals surface area (Å²) in [6, 6.07) is 18.0. The molecule has 2 aromatic rings. The molecule has 0 saturated carbocycles. The molecule has 2 aromatic carbocycles. The topological polar surface area (TPSA) is 82.0 Å². The second kappa shape index (κ2) is 10.3. The van der Waals surface area contributed by atoms with Gasteiger partial charge in [-0.15, -0.1) is 0 Å². The number of benzene rings is 2. The number of carbonyl (C=O) groups excluding carboxylic acids is 2. The summed E-state index contributed by atoms with van der Waals surface area (Å²) in [4.78, 5) is 24.6. The van der Waals surface area contributed by atoms with Crippen LogP contribution in [0.3, 0.4) is 0 Å². The van der Waals surface area contributed by atoms with E-state index in [1.807, 2.05) is 37.3 Å². The van der Waals surface area contributed by atoms with E-state index in [2.05, 4.69) is 16.7 Å². The maximum absolute atomic E-state index is 12.4. The summed E-state index contributed by atoms with van der Waals surface area (Å²) in [5.74, 6) is 0.507. The molecule has 0 spiro atoms. The summed E-state index contributed by atoms with van der Waals surface area (Å²) in [5, 5.41) is 13.9. The van der Waals surface area contributed by atoms with Crippen molar-refractivity contribution in [3.63, 3.8) is 0 Å². The third-order valence-electron chi connectivity index (χ3n) is 3.80. The fourth-order valence-electron chi connectivity index (χ4n) is 2.32. The minimum Gasteiger partial charge on any atom is -0.341 e. The molecule has 2 amide bonds. The van der Waals surface area contributed by atoms with E-state index in [9.17, 15) is 9.59 Å². The second-order valence-corrected chi connectivity index (χ2v) is 6.74. The monoisotopic (exact) mass is 367 g/mol. The van der Waals surface area contributed by atoms with Gasteiger partial charge < -0.3 is 10.6 Å². The van der Waals surface area contributed by atoms with Crippen LogP contribution in [0, 0.1) is 18.3 Å². The highest BCUT2D eigenvalue weighted by molar-refractivity contribution is 7.98. The number of nitriles is 1. The lowest BCUT2D eigenvalue weighted by molar-refractivity contribution is -0.122. The molecule has 1 unspecified atom stereocenters. The van der Waals surface area contributed by atoms with Crippen LogP contribution in [0.1, 0.15) is 21.5 Å². The first kappa shape index (κ1) is 19.5. The Hall–Kier alpha value is -2.78. The summed E-state index contributed by atoms with van der Waals surface area (Å²) < 4.78 is 0. The van der Waals surface area contributed by atoms with Gasteiger partial charge in [0, 0.05) is 17.1 Å². The molecule has 0 fully saturated rings. The molecule has 26 heavy (non-hydrogen) atoms. The highest BCUT2D eigenvalue weighted by Gasteiger charge is 2.21. The number of thioether (sulfide) groups is 1. The predicted octanol–water partition coefficient (Wildman–Crippen LogP) is 2.67. The molecule has 2 rings (SSSR count). The van der Waals surface area contributed by atoms with Gasteiger partial charge in [-0.25, -0.2) is 0 Å². The van der Waals surface area contributed by atoms with Gasteiger partial charge in [-0.2, -0.15) is 17.0 Å². The molecule has 0 saturated heterocycles. The Morgan fingerprint density at radius 1 is 1.12 bits per heavy atom. The molecule has 0 aliphatic heterocycles. The second-order valence-electron chi connectivity index (χ2n) is 5.71. The molecule has 0 bridgehead atoms. The van der Waals surface area contributed by atoms with Crippen LogP contribution in [0.2, 0.25) is 0 Å². The van der Waals surface area contributed by atoms with Crippen molar-refractivity contribution in [1.82, 2.24) is 10.6 Å². The molecule has 0 radical (unpaired) electrons. The molecular formula is C20H21N3O2S. The van der Waals surface area contributed by atoms with Crippen LogP contribution in [-0.4, -0.2) is 30.2 Å². The van der Waals surface area contributed by atoms with Crippen LogP contribution in [-0.2, 0) is 10.5 Å².